The number of rotatable bonds is 3. The van der Waals surface area contributed by atoms with Crippen LogP contribution in [0.3, 0.4) is 0 Å². The summed E-state index contributed by atoms with van der Waals surface area (Å²) in [6.07, 6.45) is 15.7. The molecule has 3 aliphatic carbocycles. The van der Waals surface area contributed by atoms with Crippen LogP contribution in [0.2, 0.25) is 0 Å². The lowest BCUT2D eigenvalue weighted by atomic mass is 9.65. The lowest BCUT2D eigenvalue weighted by Gasteiger charge is -2.40. The molecular weight excluding hydrogens is 328 g/mol. The number of hydrogen-bond acceptors (Lipinski definition) is 1. The first-order chi connectivity index (χ1) is 12.6. The Hall–Kier alpha value is -1.37. The Labute approximate surface area is 166 Å². The molecule has 3 aliphatic rings. The van der Waals surface area contributed by atoms with Crippen LogP contribution in [0.1, 0.15) is 92.9 Å². The summed E-state index contributed by atoms with van der Waals surface area (Å²) in [6, 6.07) is 0. The van der Waals surface area contributed by atoms with Gasteiger partial charge in [-0.1, -0.05) is 56.6 Å². The van der Waals surface area contributed by atoms with E-state index in [1.54, 1.807) is 11.1 Å². The highest BCUT2D eigenvalue weighted by Crippen LogP contribution is 2.47. The van der Waals surface area contributed by atoms with Crippen LogP contribution in [0, 0.1) is 16.7 Å². The minimum absolute atomic E-state index is 0.240. The summed E-state index contributed by atoms with van der Waals surface area (Å²) in [5, 5.41) is 0. The Morgan fingerprint density at radius 1 is 0.889 bits per heavy atom. The smallest absolute Gasteiger partial charge is 0.156 e. The van der Waals surface area contributed by atoms with Crippen LogP contribution in [0.5, 0.6) is 0 Å². The summed E-state index contributed by atoms with van der Waals surface area (Å²) in [6.45, 7) is 14.0. The average Bonchev–Trinajstić information content (AvgIpc) is 2.52. The summed E-state index contributed by atoms with van der Waals surface area (Å²) in [5.41, 5.74) is 7.84. The minimum atomic E-state index is 0.240. The van der Waals surface area contributed by atoms with Gasteiger partial charge in [-0.05, 0) is 92.8 Å². The summed E-state index contributed by atoms with van der Waals surface area (Å²) in [7, 11) is 0. The van der Waals surface area contributed by atoms with E-state index in [0.717, 1.165) is 6.42 Å². The molecule has 0 radical (unpaired) electrons. The van der Waals surface area contributed by atoms with Crippen LogP contribution in [0.4, 0.5) is 0 Å². The number of ketones is 1. The van der Waals surface area contributed by atoms with E-state index in [1.807, 2.05) is 6.08 Å². The van der Waals surface area contributed by atoms with Crippen molar-refractivity contribution >= 4 is 5.78 Å². The van der Waals surface area contributed by atoms with Crippen molar-refractivity contribution in [2.24, 2.45) is 16.7 Å². The van der Waals surface area contributed by atoms with Crippen LogP contribution in [-0.2, 0) is 4.79 Å². The molecule has 0 bridgehead atoms. The molecule has 0 aliphatic heterocycles. The van der Waals surface area contributed by atoms with E-state index >= 15 is 0 Å². The summed E-state index contributed by atoms with van der Waals surface area (Å²) in [5.74, 6) is 0.702. The Balaban J connectivity index is 1.85. The molecule has 1 unspecified atom stereocenters. The van der Waals surface area contributed by atoms with Gasteiger partial charge in [0.1, 0.15) is 0 Å². The quantitative estimate of drug-likeness (QED) is 0.472. The first-order valence-electron chi connectivity index (χ1n) is 10.9. The molecule has 0 spiro atoms. The Morgan fingerprint density at radius 2 is 1.52 bits per heavy atom. The molecule has 0 aromatic heterocycles. The average molecular weight is 367 g/mol. The highest BCUT2D eigenvalue weighted by molar-refractivity contribution is 5.92. The van der Waals surface area contributed by atoms with Crippen molar-refractivity contribution in [1.29, 1.82) is 0 Å². The van der Waals surface area contributed by atoms with Gasteiger partial charge in [-0.3, -0.25) is 4.79 Å². The SMILES string of the molecule is CC1=C(/C=C/C2=CC(=O)CC(C3=C(C)CCCC3(C)C)C2)C(C)(C)CCC1. The fraction of sp³-hybridized carbons (Fsp3) is 0.654. The first-order valence-corrected chi connectivity index (χ1v) is 10.9. The normalized spacial score (nSPS) is 28.7. The fourth-order valence-corrected chi connectivity index (χ4v) is 5.99. The molecule has 0 aromatic rings. The van der Waals surface area contributed by atoms with E-state index in [1.165, 1.54) is 55.2 Å². The number of hydrogen-bond donors (Lipinski definition) is 0. The van der Waals surface area contributed by atoms with E-state index < -0.39 is 0 Å². The Morgan fingerprint density at radius 3 is 2.15 bits per heavy atom. The van der Waals surface area contributed by atoms with E-state index in [9.17, 15) is 4.79 Å². The van der Waals surface area contributed by atoms with E-state index in [2.05, 4.69) is 53.7 Å². The molecule has 1 heteroatoms. The highest BCUT2D eigenvalue weighted by Gasteiger charge is 2.35. The van der Waals surface area contributed by atoms with Crippen LogP contribution in [0.25, 0.3) is 0 Å². The maximum Gasteiger partial charge on any atom is 0.156 e. The number of allylic oxidation sites excluding steroid dienone is 8. The fourth-order valence-electron chi connectivity index (χ4n) is 5.99. The van der Waals surface area contributed by atoms with Gasteiger partial charge in [0.25, 0.3) is 0 Å². The van der Waals surface area contributed by atoms with Gasteiger partial charge in [0, 0.05) is 6.42 Å². The van der Waals surface area contributed by atoms with Crippen LogP contribution in [0.15, 0.2) is 46.1 Å². The molecule has 27 heavy (non-hydrogen) atoms. The molecule has 148 valence electrons. The lowest BCUT2D eigenvalue weighted by Crippen LogP contribution is -2.29. The zero-order chi connectivity index (χ0) is 19.8. The summed E-state index contributed by atoms with van der Waals surface area (Å²) < 4.78 is 0. The molecule has 3 rings (SSSR count). The standard InChI is InChI=1S/C26H38O/c1-18-9-7-13-25(3,4)23(18)12-11-20-15-21(17-22(27)16-20)24-19(2)10-8-14-26(24,5)6/h11-12,16,21H,7-10,13-15,17H2,1-6H3/b12-11+. The van der Waals surface area contributed by atoms with Crippen molar-refractivity contribution in [3.63, 3.8) is 0 Å². The van der Waals surface area contributed by atoms with Gasteiger partial charge in [-0.15, -0.1) is 0 Å². The van der Waals surface area contributed by atoms with E-state index in [0.29, 0.717) is 18.1 Å². The molecule has 0 N–H and O–H groups in total. The predicted molar refractivity (Wildman–Crippen MR) is 116 cm³/mol. The second kappa shape index (κ2) is 7.57. The molecule has 0 saturated heterocycles. The van der Waals surface area contributed by atoms with Gasteiger partial charge in [-0.2, -0.15) is 0 Å². The topological polar surface area (TPSA) is 17.1 Å². The molecule has 0 fully saturated rings. The van der Waals surface area contributed by atoms with Gasteiger partial charge in [0.2, 0.25) is 0 Å². The largest absolute Gasteiger partial charge is 0.295 e. The van der Waals surface area contributed by atoms with Gasteiger partial charge in [-0.25, -0.2) is 0 Å². The van der Waals surface area contributed by atoms with Gasteiger partial charge in [0.15, 0.2) is 5.78 Å². The van der Waals surface area contributed by atoms with Crippen molar-refractivity contribution in [1.82, 2.24) is 0 Å². The summed E-state index contributed by atoms with van der Waals surface area (Å²) >= 11 is 0. The van der Waals surface area contributed by atoms with Gasteiger partial charge < -0.3 is 0 Å². The van der Waals surface area contributed by atoms with Crippen LogP contribution in [-0.4, -0.2) is 5.78 Å². The van der Waals surface area contributed by atoms with Crippen molar-refractivity contribution in [2.45, 2.75) is 92.9 Å². The minimum Gasteiger partial charge on any atom is -0.295 e. The summed E-state index contributed by atoms with van der Waals surface area (Å²) in [4.78, 5) is 12.5. The second-order valence-electron chi connectivity index (χ2n) is 10.5. The third-order valence-corrected chi connectivity index (χ3v) is 7.23. The Kier molecular flexibility index (Phi) is 5.71. The van der Waals surface area contributed by atoms with E-state index in [4.69, 9.17) is 0 Å². The van der Waals surface area contributed by atoms with Crippen LogP contribution >= 0.6 is 0 Å². The number of carbonyl (C=O) groups is 1. The lowest BCUT2D eigenvalue weighted by molar-refractivity contribution is -0.115. The maximum absolute atomic E-state index is 12.5. The molecule has 0 heterocycles. The molecule has 0 aromatic carbocycles. The van der Waals surface area contributed by atoms with Gasteiger partial charge in [0.05, 0.1) is 0 Å². The van der Waals surface area contributed by atoms with E-state index in [-0.39, 0.29) is 10.8 Å². The predicted octanol–water partition coefficient (Wildman–Crippen LogP) is 7.50. The molecule has 1 nitrogen and oxygen atoms in total. The first kappa shape index (κ1) is 20.4. The molecule has 0 saturated carbocycles. The Bertz CT molecular complexity index is 736. The third-order valence-electron chi connectivity index (χ3n) is 7.23. The van der Waals surface area contributed by atoms with Crippen LogP contribution < -0.4 is 0 Å². The van der Waals surface area contributed by atoms with Crippen molar-refractivity contribution in [3.8, 4) is 0 Å². The monoisotopic (exact) mass is 366 g/mol. The zero-order valence-corrected chi connectivity index (χ0v) is 18.4. The van der Waals surface area contributed by atoms with Crippen molar-refractivity contribution in [2.75, 3.05) is 0 Å². The van der Waals surface area contributed by atoms with Crippen molar-refractivity contribution in [3.05, 3.63) is 46.1 Å². The molecule has 1 atom stereocenters. The van der Waals surface area contributed by atoms with Crippen molar-refractivity contribution < 1.29 is 4.79 Å². The number of carbonyl (C=O) groups excluding carboxylic acids is 1. The maximum atomic E-state index is 12.5. The third kappa shape index (κ3) is 4.39. The highest BCUT2D eigenvalue weighted by atomic mass is 16.1. The second-order valence-corrected chi connectivity index (χ2v) is 10.5. The zero-order valence-electron chi connectivity index (χ0n) is 18.4. The van der Waals surface area contributed by atoms with Gasteiger partial charge >= 0.3 is 0 Å². The molecule has 0 amide bonds. The molecular formula is C26H38O.